The summed E-state index contributed by atoms with van der Waals surface area (Å²) in [5, 5.41) is 24.2. The van der Waals surface area contributed by atoms with Crippen LogP contribution in [0.2, 0.25) is 0 Å². The molecule has 0 radical (unpaired) electrons. The minimum absolute atomic E-state index is 0.295. The molecule has 5 rings (SSSR count). The van der Waals surface area contributed by atoms with E-state index < -0.39 is 0 Å². The van der Waals surface area contributed by atoms with Crippen molar-refractivity contribution in [3.63, 3.8) is 0 Å². The summed E-state index contributed by atoms with van der Waals surface area (Å²) >= 11 is 0. The highest BCUT2D eigenvalue weighted by molar-refractivity contribution is 5.90. The standard InChI is InChI=1S/C23H27N11/c1-31(2)22(27-15-25)33-9-7-32(8-10-33)18-11-23(12-18,4-5-24)34-14-17(13-30-34)20-19-3-6-26-21(19)29-16-28-20/h3,6,13-14,16,18H,4,7-12H2,1-2H3,(H,26,28,29)/b27-22+. The van der Waals surface area contributed by atoms with Crippen LogP contribution < -0.4 is 0 Å². The fraction of sp³-hybridized carbons (Fsp3) is 0.478. The molecule has 0 bridgehead atoms. The summed E-state index contributed by atoms with van der Waals surface area (Å²) in [6.07, 6.45) is 11.4. The molecule has 34 heavy (non-hydrogen) atoms. The summed E-state index contributed by atoms with van der Waals surface area (Å²) in [5.74, 6) is 0.708. The highest BCUT2D eigenvalue weighted by Crippen LogP contribution is 2.45. The van der Waals surface area contributed by atoms with Gasteiger partial charge in [0.1, 0.15) is 12.0 Å². The van der Waals surface area contributed by atoms with Crippen LogP contribution in [0.3, 0.4) is 0 Å². The molecule has 2 fully saturated rings. The smallest absolute Gasteiger partial charge is 0.212 e. The van der Waals surface area contributed by atoms with Gasteiger partial charge in [-0.2, -0.15) is 15.6 Å². The first-order valence-electron chi connectivity index (χ1n) is 11.4. The Morgan fingerprint density at radius 3 is 2.74 bits per heavy atom. The zero-order chi connectivity index (χ0) is 23.7. The molecule has 1 aliphatic carbocycles. The zero-order valence-electron chi connectivity index (χ0n) is 19.4. The third kappa shape index (κ3) is 3.74. The molecular weight excluding hydrogens is 430 g/mol. The maximum absolute atomic E-state index is 9.58. The molecule has 174 valence electrons. The second-order valence-electron chi connectivity index (χ2n) is 9.19. The third-order valence-electron chi connectivity index (χ3n) is 7.00. The van der Waals surface area contributed by atoms with Gasteiger partial charge in [0.05, 0.1) is 29.9 Å². The molecule has 11 nitrogen and oxygen atoms in total. The van der Waals surface area contributed by atoms with Gasteiger partial charge in [-0.25, -0.2) is 9.97 Å². The van der Waals surface area contributed by atoms with Gasteiger partial charge < -0.3 is 14.8 Å². The Morgan fingerprint density at radius 1 is 1.24 bits per heavy atom. The number of nitrogens with zero attached hydrogens (tertiary/aromatic N) is 10. The van der Waals surface area contributed by atoms with E-state index in [0.717, 1.165) is 61.3 Å². The Morgan fingerprint density at radius 2 is 2.03 bits per heavy atom. The molecule has 0 spiro atoms. The van der Waals surface area contributed by atoms with E-state index >= 15 is 0 Å². The van der Waals surface area contributed by atoms with Gasteiger partial charge in [0.15, 0.2) is 0 Å². The Hall–Kier alpha value is -3.96. The first-order chi connectivity index (χ1) is 16.5. The van der Waals surface area contributed by atoms with E-state index in [4.69, 9.17) is 5.26 Å². The summed E-state index contributed by atoms with van der Waals surface area (Å²) in [5.41, 5.74) is 2.27. The van der Waals surface area contributed by atoms with Gasteiger partial charge in [-0.05, 0) is 18.9 Å². The van der Waals surface area contributed by atoms with Crippen molar-refractivity contribution in [2.24, 2.45) is 4.99 Å². The minimum Gasteiger partial charge on any atom is -0.348 e. The number of aliphatic imine (C=N–C) groups is 1. The summed E-state index contributed by atoms with van der Waals surface area (Å²) in [6.45, 7) is 3.46. The number of nitrogens with one attached hydrogen (secondary N) is 1. The number of H-pyrrole nitrogens is 1. The summed E-state index contributed by atoms with van der Waals surface area (Å²) < 4.78 is 1.97. The first-order valence-corrected chi connectivity index (χ1v) is 11.4. The van der Waals surface area contributed by atoms with Crippen molar-refractivity contribution in [3.8, 4) is 23.5 Å². The second-order valence-corrected chi connectivity index (χ2v) is 9.19. The van der Waals surface area contributed by atoms with Gasteiger partial charge in [-0.3, -0.25) is 9.58 Å². The van der Waals surface area contributed by atoms with Gasteiger partial charge in [0.25, 0.3) is 0 Å². The fourth-order valence-electron chi connectivity index (χ4n) is 5.23. The van der Waals surface area contributed by atoms with Crippen molar-refractivity contribution in [3.05, 3.63) is 31.0 Å². The molecular formula is C23H27N11. The number of fused-ring (bicyclic) bond motifs is 1. The quantitative estimate of drug-likeness (QED) is 0.355. The lowest BCUT2D eigenvalue weighted by Gasteiger charge is -2.52. The van der Waals surface area contributed by atoms with Crippen LogP contribution in [-0.4, -0.2) is 91.7 Å². The van der Waals surface area contributed by atoms with E-state index in [1.165, 1.54) is 0 Å². The van der Waals surface area contributed by atoms with Crippen molar-refractivity contribution >= 4 is 17.0 Å². The van der Waals surface area contributed by atoms with Crippen LogP contribution in [0.15, 0.2) is 36.0 Å². The van der Waals surface area contributed by atoms with Crippen LogP contribution in [0.5, 0.6) is 0 Å². The van der Waals surface area contributed by atoms with E-state index in [2.05, 4.69) is 40.9 Å². The fourth-order valence-corrected chi connectivity index (χ4v) is 5.23. The molecule has 1 saturated carbocycles. The van der Waals surface area contributed by atoms with Gasteiger partial charge in [-0.1, -0.05) is 0 Å². The maximum Gasteiger partial charge on any atom is 0.212 e. The summed E-state index contributed by atoms with van der Waals surface area (Å²) in [7, 11) is 3.82. The van der Waals surface area contributed by atoms with E-state index in [0.29, 0.717) is 18.4 Å². The van der Waals surface area contributed by atoms with E-state index in [1.54, 1.807) is 6.33 Å². The predicted molar refractivity (Wildman–Crippen MR) is 126 cm³/mol. The largest absolute Gasteiger partial charge is 0.348 e. The number of nitriles is 2. The number of guanidine groups is 1. The Labute approximate surface area is 197 Å². The van der Waals surface area contributed by atoms with Crippen LogP contribution in [0, 0.1) is 22.8 Å². The van der Waals surface area contributed by atoms with Gasteiger partial charge in [-0.15, -0.1) is 4.99 Å². The number of hydrogen-bond acceptors (Lipinski definition) is 7. The molecule has 0 atom stereocenters. The Bertz CT molecular complexity index is 1270. The van der Waals surface area contributed by atoms with Crippen LogP contribution in [-0.2, 0) is 5.54 Å². The van der Waals surface area contributed by atoms with Gasteiger partial charge in [0, 0.05) is 69.7 Å². The van der Waals surface area contributed by atoms with E-state index in [1.807, 2.05) is 54.5 Å². The van der Waals surface area contributed by atoms with Crippen molar-refractivity contribution in [1.29, 1.82) is 10.5 Å². The number of aromatic amines is 1. The lowest BCUT2D eigenvalue weighted by molar-refractivity contribution is -0.0111. The molecule has 0 unspecified atom stereocenters. The lowest BCUT2D eigenvalue weighted by Crippen LogP contribution is -2.61. The van der Waals surface area contributed by atoms with Crippen molar-refractivity contribution in [2.45, 2.75) is 30.8 Å². The average Bonchev–Trinajstić information content (AvgIpc) is 3.49. The van der Waals surface area contributed by atoms with Crippen molar-refractivity contribution in [2.75, 3.05) is 40.3 Å². The first kappa shape index (κ1) is 21.9. The third-order valence-corrected chi connectivity index (χ3v) is 7.00. The number of hydrogen-bond donors (Lipinski definition) is 1. The Kier molecular flexibility index (Phi) is 5.64. The normalized spacial score (nSPS) is 23.4. The molecule has 1 N–H and O–H groups in total. The van der Waals surface area contributed by atoms with E-state index in [9.17, 15) is 5.26 Å². The average molecular weight is 458 g/mol. The predicted octanol–water partition coefficient (Wildman–Crippen LogP) is 1.61. The molecule has 0 aromatic carbocycles. The molecule has 3 aromatic heterocycles. The van der Waals surface area contributed by atoms with Gasteiger partial charge >= 0.3 is 0 Å². The van der Waals surface area contributed by atoms with Crippen LogP contribution >= 0.6 is 0 Å². The Balaban J connectivity index is 1.28. The molecule has 11 heteroatoms. The molecule has 1 saturated heterocycles. The van der Waals surface area contributed by atoms with E-state index in [-0.39, 0.29) is 5.54 Å². The van der Waals surface area contributed by atoms with Crippen molar-refractivity contribution in [1.82, 2.24) is 39.4 Å². The lowest BCUT2D eigenvalue weighted by atomic mass is 9.70. The topological polar surface area (TPSA) is 129 Å². The monoisotopic (exact) mass is 457 g/mol. The highest BCUT2D eigenvalue weighted by atomic mass is 15.4. The molecule has 4 heterocycles. The van der Waals surface area contributed by atoms with Gasteiger partial charge in [0.2, 0.25) is 12.2 Å². The maximum atomic E-state index is 9.58. The molecule has 3 aromatic rings. The molecule has 0 amide bonds. The summed E-state index contributed by atoms with van der Waals surface area (Å²) in [6, 6.07) is 4.76. The van der Waals surface area contributed by atoms with Crippen molar-refractivity contribution < 1.29 is 0 Å². The second kappa shape index (κ2) is 8.76. The highest BCUT2D eigenvalue weighted by Gasteiger charge is 2.49. The molecule has 1 aliphatic heterocycles. The van der Waals surface area contributed by atoms with Crippen LogP contribution in [0.1, 0.15) is 19.3 Å². The van der Waals surface area contributed by atoms with Crippen LogP contribution in [0.4, 0.5) is 0 Å². The minimum atomic E-state index is -0.295. The molecule has 2 aliphatic rings. The number of piperazine rings is 1. The number of aromatic nitrogens is 5. The number of rotatable bonds is 4. The van der Waals surface area contributed by atoms with Crippen LogP contribution in [0.25, 0.3) is 22.3 Å². The zero-order valence-corrected chi connectivity index (χ0v) is 19.4. The SMILES string of the molecule is CN(C)/C(=N\C#N)N1CCN(C2CC(CC#N)(n3cc(-c4ncnc5[nH]ccc45)cn3)C2)CC1. The summed E-state index contributed by atoms with van der Waals surface area (Å²) in [4.78, 5) is 22.4.